The van der Waals surface area contributed by atoms with Gasteiger partial charge in [0.05, 0.1) is 28.3 Å². The first-order valence-corrected chi connectivity index (χ1v) is 20.5. The van der Waals surface area contributed by atoms with Crippen LogP contribution < -0.4 is 15.5 Å². The third-order valence-corrected chi connectivity index (χ3v) is 12.7. The van der Waals surface area contributed by atoms with Gasteiger partial charge in [-0.3, -0.25) is 19.4 Å². The summed E-state index contributed by atoms with van der Waals surface area (Å²) in [5.41, 5.74) is 4.19. The molecule has 1 saturated carbocycles. The summed E-state index contributed by atoms with van der Waals surface area (Å²) in [5.74, 6) is -3.40. The van der Waals surface area contributed by atoms with Crippen LogP contribution in [-0.4, -0.2) is 77.3 Å². The largest absolute Gasteiger partial charge is 0.481 e. The normalized spacial score (nSPS) is 17.3. The number of pyridine rings is 1. The van der Waals surface area contributed by atoms with Crippen molar-refractivity contribution >= 4 is 50.8 Å². The molecule has 4 N–H and O–H groups in total. The lowest BCUT2D eigenvalue weighted by molar-refractivity contribution is -0.143. The van der Waals surface area contributed by atoms with Crippen molar-refractivity contribution in [2.75, 3.05) is 35.2 Å². The zero-order valence-electron chi connectivity index (χ0n) is 31.3. The van der Waals surface area contributed by atoms with E-state index in [1.807, 2.05) is 30.3 Å². The highest BCUT2D eigenvalue weighted by atomic mass is 32.2. The van der Waals surface area contributed by atoms with Gasteiger partial charge in [0, 0.05) is 49.4 Å². The Morgan fingerprint density at radius 2 is 1.41 bits per heavy atom. The van der Waals surface area contributed by atoms with Gasteiger partial charge in [-0.2, -0.15) is 4.31 Å². The van der Waals surface area contributed by atoms with Gasteiger partial charge >= 0.3 is 11.9 Å². The Morgan fingerprint density at radius 3 is 2.02 bits per heavy atom. The summed E-state index contributed by atoms with van der Waals surface area (Å²) in [5, 5.41) is 24.3. The minimum Gasteiger partial charge on any atom is -0.481 e. The van der Waals surface area contributed by atoms with Crippen molar-refractivity contribution in [3.05, 3.63) is 113 Å². The molecular formula is C42H47N5O8S. The second-order valence-electron chi connectivity index (χ2n) is 14.3. The molecule has 0 unspecified atom stereocenters. The number of aliphatic carboxylic acids is 1. The number of carbonyl (C=O) groups excluding carboxylic acids is 2. The molecule has 4 aromatic rings. The fourth-order valence-corrected chi connectivity index (χ4v) is 9.17. The van der Waals surface area contributed by atoms with E-state index in [0.29, 0.717) is 37.8 Å². The first kappa shape index (κ1) is 40.1. The van der Waals surface area contributed by atoms with Gasteiger partial charge in [0.15, 0.2) is 0 Å². The van der Waals surface area contributed by atoms with Crippen molar-refractivity contribution < 1.29 is 37.8 Å². The lowest BCUT2D eigenvalue weighted by Gasteiger charge is -2.34. The number of carboxylic acid groups (broad SMARTS) is 2. The van der Waals surface area contributed by atoms with Crippen molar-refractivity contribution in [1.29, 1.82) is 0 Å². The number of sulfonamides is 1. The van der Waals surface area contributed by atoms with Gasteiger partial charge in [0.2, 0.25) is 10.0 Å². The minimum atomic E-state index is -4.06. The van der Waals surface area contributed by atoms with Crippen LogP contribution in [0.5, 0.6) is 0 Å². The molecule has 2 aliphatic rings. The molecule has 14 heteroatoms. The third-order valence-electron chi connectivity index (χ3n) is 10.7. The summed E-state index contributed by atoms with van der Waals surface area (Å²) in [6, 6.07) is 20.5. The van der Waals surface area contributed by atoms with Crippen molar-refractivity contribution in [1.82, 2.24) is 9.29 Å². The van der Waals surface area contributed by atoms with Gasteiger partial charge < -0.3 is 25.7 Å². The predicted molar refractivity (Wildman–Crippen MR) is 213 cm³/mol. The van der Waals surface area contributed by atoms with E-state index in [-0.39, 0.29) is 39.9 Å². The van der Waals surface area contributed by atoms with Gasteiger partial charge in [0.1, 0.15) is 4.90 Å². The summed E-state index contributed by atoms with van der Waals surface area (Å²) in [4.78, 5) is 56.4. The molecule has 0 atom stereocenters. The molecule has 2 fully saturated rings. The van der Waals surface area contributed by atoms with Gasteiger partial charge in [-0.05, 0) is 117 Å². The van der Waals surface area contributed by atoms with E-state index in [1.54, 1.807) is 43.3 Å². The maximum atomic E-state index is 13.9. The number of aryl methyl sites for hydroxylation is 2. The highest BCUT2D eigenvalue weighted by Crippen LogP contribution is 2.32. The van der Waals surface area contributed by atoms with Crippen LogP contribution >= 0.6 is 0 Å². The van der Waals surface area contributed by atoms with E-state index in [2.05, 4.69) is 20.5 Å². The number of rotatable bonds is 14. The molecule has 2 amide bonds. The highest BCUT2D eigenvalue weighted by molar-refractivity contribution is 7.89. The molecule has 56 heavy (non-hydrogen) atoms. The summed E-state index contributed by atoms with van der Waals surface area (Å²) in [6.07, 6.45) is 8.73. The Balaban J connectivity index is 1.17. The first-order chi connectivity index (χ1) is 26.9. The molecule has 1 saturated heterocycles. The Hall–Kier alpha value is -5.60. The van der Waals surface area contributed by atoms with Crippen LogP contribution in [0.25, 0.3) is 0 Å². The smallest absolute Gasteiger partial charge is 0.335 e. The fourth-order valence-electron chi connectivity index (χ4n) is 7.48. The number of anilines is 3. The topological polar surface area (TPSA) is 186 Å². The first-order valence-electron chi connectivity index (χ1n) is 19.1. The lowest BCUT2D eigenvalue weighted by Crippen LogP contribution is -2.43. The number of aromatic carboxylic acids is 1. The van der Waals surface area contributed by atoms with Crippen molar-refractivity contribution in [2.24, 2.45) is 5.92 Å². The number of nitrogens with zero attached hydrogens (tertiary/aromatic N) is 3. The number of aromatic nitrogens is 1. The summed E-state index contributed by atoms with van der Waals surface area (Å²) >= 11 is 0. The van der Waals surface area contributed by atoms with Crippen LogP contribution in [-0.2, 0) is 27.7 Å². The Labute approximate surface area is 326 Å². The predicted octanol–water partition coefficient (Wildman–Crippen LogP) is 6.71. The van der Waals surface area contributed by atoms with Crippen LogP contribution in [0.4, 0.5) is 17.1 Å². The van der Waals surface area contributed by atoms with Gasteiger partial charge in [-0.1, -0.05) is 31.2 Å². The van der Waals surface area contributed by atoms with E-state index in [9.17, 15) is 32.7 Å². The van der Waals surface area contributed by atoms with Gasteiger partial charge in [0.25, 0.3) is 11.8 Å². The van der Waals surface area contributed by atoms with Crippen LogP contribution in [0, 0.1) is 5.92 Å². The maximum Gasteiger partial charge on any atom is 0.335 e. The molecule has 13 nitrogen and oxygen atoms in total. The number of hydrogen-bond donors (Lipinski definition) is 4. The number of carbonyl (C=O) groups is 4. The molecule has 0 radical (unpaired) electrons. The average molecular weight is 782 g/mol. The SMILES string of the molecule is CCN([C@H]1CC[C@H](C(=O)O)CC1)S(=O)(=O)c1cncc(C(=O)Nc2ccc(N3CCCCC3)cc2C(=O)Nc2ccc(CCc3ccc(C(=O)O)cc3)cc2)c1. The highest BCUT2D eigenvalue weighted by Gasteiger charge is 2.35. The molecule has 2 heterocycles. The number of carboxylic acids is 2. The van der Waals surface area contributed by atoms with Crippen molar-refractivity contribution in [3.8, 4) is 0 Å². The average Bonchev–Trinajstić information content (AvgIpc) is 3.21. The Morgan fingerprint density at radius 1 is 0.768 bits per heavy atom. The van der Waals surface area contributed by atoms with E-state index >= 15 is 0 Å². The summed E-state index contributed by atoms with van der Waals surface area (Å²) < 4.78 is 29.0. The fraction of sp³-hybridized carbons (Fsp3) is 0.357. The van der Waals surface area contributed by atoms with E-state index in [4.69, 9.17) is 5.11 Å². The summed E-state index contributed by atoms with van der Waals surface area (Å²) in [6.45, 7) is 3.60. The molecule has 6 rings (SSSR count). The van der Waals surface area contributed by atoms with E-state index in [0.717, 1.165) is 55.6 Å². The number of nitrogens with one attached hydrogen (secondary N) is 2. The third kappa shape index (κ3) is 9.61. The number of benzene rings is 3. The molecular weight excluding hydrogens is 735 g/mol. The zero-order chi connectivity index (χ0) is 39.8. The standard InChI is InChI=1S/C42H47N5O8S/c1-2-47(34-18-14-31(15-19-34)42(52)53)56(54,55)36-24-32(26-43-27-36)39(48)45-38-21-20-35(46-22-4-3-5-23-46)25-37(38)40(49)44-33-16-10-29(11-17-33)7-6-28-8-12-30(13-9-28)41(50)51/h8-13,16-17,20-21,24-27,31,34H,2-7,14-15,18-19,22-23H2,1H3,(H,44,49)(H,45,48)(H,50,51)(H,52,53)/t31-,34-. The molecule has 1 aliphatic carbocycles. The number of piperidine rings is 1. The lowest BCUT2D eigenvalue weighted by atomic mass is 9.86. The minimum absolute atomic E-state index is 0.00315. The van der Waals surface area contributed by atoms with Crippen molar-refractivity contribution in [2.45, 2.75) is 75.6 Å². The molecule has 0 spiro atoms. The van der Waals surface area contributed by atoms with Crippen molar-refractivity contribution in [3.63, 3.8) is 0 Å². The number of amides is 2. The second-order valence-corrected chi connectivity index (χ2v) is 16.2. The van der Waals surface area contributed by atoms with Crippen LogP contribution in [0.1, 0.15) is 94.1 Å². The summed E-state index contributed by atoms with van der Waals surface area (Å²) in [7, 11) is -4.06. The number of hydrogen-bond acceptors (Lipinski definition) is 8. The van der Waals surface area contributed by atoms with Gasteiger partial charge in [-0.25, -0.2) is 13.2 Å². The van der Waals surface area contributed by atoms with Gasteiger partial charge in [-0.15, -0.1) is 0 Å². The van der Waals surface area contributed by atoms with Crippen LogP contribution in [0.2, 0.25) is 0 Å². The van der Waals surface area contributed by atoms with E-state index in [1.165, 1.54) is 22.8 Å². The molecule has 1 aromatic heterocycles. The molecule has 294 valence electrons. The molecule has 1 aliphatic heterocycles. The van der Waals surface area contributed by atoms with Crippen LogP contribution in [0.15, 0.2) is 90.1 Å². The molecule has 0 bridgehead atoms. The zero-order valence-corrected chi connectivity index (χ0v) is 32.1. The van der Waals surface area contributed by atoms with Crippen LogP contribution in [0.3, 0.4) is 0 Å². The Kier molecular flexibility index (Phi) is 12.8. The Bertz CT molecular complexity index is 2160. The maximum absolute atomic E-state index is 13.9. The monoisotopic (exact) mass is 781 g/mol. The second kappa shape index (κ2) is 17.9. The quantitative estimate of drug-likeness (QED) is 0.107. The van der Waals surface area contributed by atoms with E-state index < -0.39 is 39.7 Å². The molecule has 3 aromatic carbocycles.